The van der Waals surface area contributed by atoms with E-state index in [9.17, 15) is 19.2 Å². The predicted molar refractivity (Wildman–Crippen MR) is 164 cm³/mol. The second-order valence-corrected chi connectivity index (χ2v) is 12.4. The highest BCUT2D eigenvalue weighted by molar-refractivity contribution is 7.99. The molecule has 0 radical (unpaired) electrons. The summed E-state index contributed by atoms with van der Waals surface area (Å²) in [5.74, 6) is 0.121. The third kappa shape index (κ3) is 21.3. The maximum atomic E-state index is 12.2. The van der Waals surface area contributed by atoms with Gasteiger partial charge in [0.05, 0.1) is 0 Å². The summed E-state index contributed by atoms with van der Waals surface area (Å²) in [7, 11) is 0. The van der Waals surface area contributed by atoms with Crippen LogP contribution in [0.25, 0.3) is 0 Å². The van der Waals surface area contributed by atoms with Crippen molar-refractivity contribution in [3.63, 3.8) is 0 Å². The molecular formula is C30H54O8S2. The van der Waals surface area contributed by atoms with E-state index in [2.05, 4.69) is 13.8 Å². The molecule has 0 aromatic heterocycles. The van der Waals surface area contributed by atoms with E-state index >= 15 is 0 Å². The average molecular weight is 607 g/mol. The lowest BCUT2D eigenvalue weighted by molar-refractivity contribution is -0.194. The van der Waals surface area contributed by atoms with E-state index in [1.54, 1.807) is 23.5 Å². The average Bonchev–Trinajstić information content (AvgIpc) is 2.87. The zero-order valence-corrected chi connectivity index (χ0v) is 27.3. The van der Waals surface area contributed by atoms with Gasteiger partial charge in [-0.15, -0.1) is 0 Å². The molecule has 0 rings (SSSR count). The van der Waals surface area contributed by atoms with E-state index in [1.165, 1.54) is 79.1 Å². The van der Waals surface area contributed by atoms with Crippen LogP contribution in [0.5, 0.6) is 0 Å². The molecule has 0 N–H and O–H groups in total. The van der Waals surface area contributed by atoms with Crippen molar-refractivity contribution < 1.29 is 38.1 Å². The van der Waals surface area contributed by atoms with Gasteiger partial charge in [0.1, 0.15) is 0 Å². The van der Waals surface area contributed by atoms with E-state index in [0.29, 0.717) is 11.5 Å². The molecular weight excluding hydrogens is 552 g/mol. The Hall–Kier alpha value is -1.42. The zero-order valence-electron chi connectivity index (χ0n) is 25.7. The number of ether oxygens (including phenoxy) is 4. The summed E-state index contributed by atoms with van der Waals surface area (Å²) in [5.41, 5.74) is 0. The maximum absolute atomic E-state index is 12.2. The molecule has 10 heteroatoms. The summed E-state index contributed by atoms with van der Waals surface area (Å²) in [6, 6.07) is 0. The van der Waals surface area contributed by atoms with Gasteiger partial charge >= 0.3 is 23.9 Å². The smallest absolute Gasteiger partial charge is 0.303 e. The van der Waals surface area contributed by atoms with Gasteiger partial charge in [-0.05, 0) is 24.3 Å². The molecule has 8 nitrogen and oxygen atoms in total. The van der Waals surface area contributed by atoms with E-state index in [4.69, 9.17) is 18.9 Å². The highest BCUT2D eigenvalue weighted by atomic mass is 32.2. The summed E-state index contributed by atoms with van der Waals surface area (Å²) in [5, 5.41) is 0. The standard InChI is InChI=1S/C30H54O8S2/c1-7-9-11-13-15-17-19-39-21-27(35-23(3)31)29(37-25(5)33)30(38-26(6)34)28(36-24(4)32)22-40-20-18-16-14-12-10-8-2/h27-30H,7-22H2,1-6H3/t27-,28+,29-,30-/m1/s1. The van der Waals surface area contributed by atoms with Gasteiger partial charge in [0, 0.05) is 39.2 Å². The maximum Gasteiger partial charge on any atom is 0.303 e. The number of carbonyl (C=O) groups excluding carboxylic acids is 4. The first kappa shape index (κ1) is 38.6. The van der Waals surface area contributed by atoms with Crippen molar-refractivity contribution in [3.05, 3.63) is 0 Å². The van der Waals surface area contributed by atoms with Crippen LogP contribution in [0, 0.1) is 0 Å². The molecule has 0 aliphatic heterocycles. The number of thioether (sulfide) groups is 2. The minimum atomic E-state index is -1.12. The second-order valence-electron chi connectivity index (χ2n) is 10.1. The van der Waals surface area contributed by atoms with Gasteiger partial charge in [-0.3, -0.25) is 19.2 Å². The number of rotatable bonds is 25. The number of hydrogen-bond acceptors (Lipinski definition) is 10. The normalized spacial score (nSPS) is 14.1. The first-order valence-electron chi connectivity index (χ1n) is 15.0. The van der Waals surface area contributed by atoms with Crippen molar-refractivity contribution in [3.8, 4) is 0 Å². The van der Waals surface area contributed by atoms with Crippen LogP contribution in [0.1, 0.15) is 119 Å². The van der Waals surface area contributed by atoms with Crippen LogP contribution < -0.4 is 0 Å². The topological polar surface area (TPSA) is 105 Å². The molecule has 0 aliphatic carbocycles. The van der Waals surface area contributed by atoms with Gasteiger partial charge in [0.2, 0.25) is 0 Å². The monoisotopic (exact) mass is 606 g/mol. The van der Waals surface area contributed by atoms with Gasteiger partial charge in [0.15, 0.2) is 24.4 Å². The SMILES string of the molecule is CCCCCCCCSC[C@H](OC(C)=O)[C@@H](OC(C)=O)[C@H](OC(C)=O)[C@@H](CSCCCCCCCC)OC(C)=O. The lowest BCUT2D eigenvalue weighted by Gasteiger charge is -2.35. The first-order valence-corrected chi connectivity index (χ1v) is 17.3. The molecule has 0 heterocycles. The number of unbranched alkanes of at least 4 members (excludes halogenated alkanes) is 10. The molecule has 0 amide bonds. The summed E-state index contributed by atoms with van der Waals surface area (Å²) in [6.45, 7) is 9.45. The largest absolute Gasteiger partial charge is 0.458 e. The Bertz CT molecular complexity index is 645. The molecule has 0 aromatic rings. The Labute approximate surface area is 251 Å². The van der Waals surface area contributed by atoms with Crippen LogP contribution >= 0.6 is 23.5 Å². The van der Waals surface area contributed by atoms with E-state index in [0.717, 1.165) is 37.2 Å². The van der Waals surface area contributed by atoms with Crippen molar-refractivity contribution in [2.24, 2.45) is 0 Å². The van der Waals surface area contributed by atoms with Crippen LogP contribution in [0.3, 0.4) is 0 Å². The summed E-state index contributed by atoms with van der Waals surface area (Å²) in [4.78, 5) is 48.4. The Morgan fingerprint density at radius 1 is 0.475 bits per heavy atom. The Morgan fingerprint density at radius 2 is 0.775 bits per heavy atom. The van der Waals surface area contributed by atoms with Crippen molar-refractivity contribution >= 4 is 47.4 Å². The Morgan fingerprint density at radius 3 is 1.07 bits per heavy atom. The summed E-state index contributed by atoms with van der Waals surface area (Å²) < 4.78 is 22.5. The van der Waals surface area contributed by atoms with Gasteiger partial charge in [-0.25, -0.2) is 0 Å². The molecule has 4 atom stereocenters. The molecule has 40 heavy (non-hydrogen) atoms. The van der Waals surface area contributed by atoms with Gasteiger partial charge in [-0.2, -0.15) is 23.5 Å². The van der Waals surface area contributed by atoms with Gasteiger partial charge < -0.3 is 18.9 Å². The van der Waals surface area contributed by atoms with Crippen molar-refractivity contribution in [2.45, 2.75) is 143 Å². The number of esters is 4. The molecule has 0 spiro atoms. The van der Waals surface area contributed by atoms with Crippen LogP contribution in [-0.4, -0.2) is 71.3 Å². The lowest BCUT2D eigenvalue weighted by atomic mass is 10.0. The summed E-state index contributed by atoms with van der Waals surface area (Å²) >= 11 is 3.19. The Kier molecular flexibility index (Phi) is 24.4. The van der Waals surface area contributed by atoms with Crippen molar-refractivity contribution in [1.29, 1.82) is 0 Å². The number of hydrogen-bond donors (Lipinski definition) is 0. The zero-order chi connectivity index (χ0) is 30.2. The molecule has 0 aromatic carbocycles. The van der Waals surface area contributed by atoms with Crippen LogP contribution in [0.4, 0.5) is 0 Å². The lowest BCUT2D eigenvalue weighted by Crippen LogP contribution is -2.53. The predicted octanol–water partition coefficient (Wildman–Crippen LogP) is 6.90. The van der Waals surface area contributed by atoms with Crippen LogP contribution in [0.2, 0.25) is 0 Å². The minimum Gasteiger partial charge on any atom is -0.458 e. The van der Waals surface area contributed by atoms with Crippen molar-refractivity contribution in [1.82, 2.24) is 0 Å². The first-order chi connectivity index (χ1) is 19.1. The molecule has 234 valence electrons. The Balaban J connectivity index is 5.58. The third-order valence-electron chi connectivity index (χ3n) is 6.14. The van der Waals surface area contributed by atoms with E-state index in [1.807, 2.05) is 0 Å². The quantitative estimate of drug-likeness (QED) is 0.0619. The third-order valence-corrected chi connectivity index (χ3v) is 8.43. The molecule has 0 fully saturated rings. The highest BCUT2D eigenvalue weighted by Gasteiger charge is 2.43. The fourth-order valence-electron chi connectivity index (χ4n) is 4.28. The number of carbonyl (C=O) groups is 4. The van der Waals surface area contributed by atoms with E-state index < -0.39 is 48.3 Å². The summed E-state index contributed by atoms with van der Waals surface area (Å²) in [6.07, 6.45) is 10.0. The van der Waals surface area contributed by atoms with Gasteiger partial charge in [0.25, 0.3) is 0 Å². The fraction of sp³-hybridized carbons (Fsp3) is 0.867. The molecule has 0 aliphatic rings. The highest BCUT2D eigenvalue weighted by Crippen LogP contribution is 2.25. The van der Waals surface area contributed by atoms with Crippen molar-refractivity contribution in [2.75, 3.05) is 23.0 Å². The van der Waals surface area contributed by atoms with Crippen LogP contribution in [-0.2, 0) is 38.1 Å². The molecule has 0 bridgehead atoms. The van der Waals surface area contributed by atoms with Gasteiger partial charge in [-0.1, -0.05) is 78.1 Å². The minimum absolute atomic E-state index is 0.349. The molecule has 0 unspecified atom stereocenters. The van der Waals surface area contributed by atoms with Crippen LogP contribution in [0.15, 0.2) is 0 Å². The fourth-order valence-corrected chi connectivity index (χ4v) is 6.41. The second kappa shape index (κ2) is 25.3. The molecule has 0 saturated heterocycles. The van der Waals surface area contributed by atoms with E-state index in [-0.39, 0.29) is 0 Å². The molecule has 0 saturated carbocycles.